The first-order valence-electron chi connectivity index (χ1n) is 6.88. The summed E-state index contributed by atoms with van der Waals surface area (Å²) in [4.78, 5) is 2.58. The van der Waals surface area contributed by atoms with Crippen LogP contribution in [0.5, 0.6) is 0 Å². The molecule has 2 heterocycles. The second-order valence-corrected chi connectivity index (χ2v) is 5.52. The molecule has 0 aromatic heterocycles. The van der Waals surface area contributed by atoms with E-state index in [-0.39, 0.29) is 0 Å². The van der Waals surface area contributed by atoms with E-state index in [1.165, 1.54) is 13.0 Å². The van der Waals surface area contributed by atoms with Gasteiger partial charge in [-0.1, -0.05) is 13.8 Å². The fraction of sp³-hybridized carbons (Fsp3) is 1.00. The Morgan fingerprint density at radius 2 is 2.06 bits per heavy atom. The molecule has 4 nitrogen and oxygen atoms in total. The lowest BCUT2D eigenvalue weighted by atomic mass is 10.1. The quantitative estimate of drug-likeness (QED) is 0.770. The average molecular weight is 242 g/mol. The molecular weight excluding hydrogens is 216 g/mol. The molecule has 0 amide bonds. The van der Waals surface area contributed by atoms with Crippen molar-refractivity contribution in [2.24, 2.45) is 5.92 Å². The Kier molecular flexibility index (Phi) is 5.22. The molecule has 2 unspecified atom stereocenters. The van der Waals surface area contributed by atoms with Crippen molar-refractivity contribution >= 4 is 0 Å². The van der Waals surface area contributed by atoms with E-state index >= 15 is 0 Å². The van der Waals surface area contributed by atoms with Crippen LogP contribution in [0.1, 0.15) is 20.3 Å². The van der Waals surface area contributed by atoms with E-state index in [2.05, 4.69) is 24.1 Å². The number of morpholine rings is 1. The molecule has 0 saturated carbocycles. The highest BCUT2D eigenvalue weighted by Crippen LogP contribution is 2.17. The third kappa shape index (κ3) is 4.21. The number of ether oxygens (including phenoxy) is 2. The number of hydrogen-bond acceptors (Lipinski definition) is 4. The van der Waals surface area contributed by atoms with Crippen LogP contribution in [-0.2, 0) is 9.47 Å². The first kappa shape index (κ1) is 13.3. The van der Waals surface area contributed by atoms with E-state index in [1.807, 2.05) is 0 Å². The van der Waals surface area contributed by atoms with Gasteiger partial charge in [-0.2, -0.15) is 0 Å². The molecule has 0 spiro atoms. The van der Waals surface area contributed by atoms with Crippen LogP contribution in [0.3, 0.4) is 0 Å². The zero-order valence-electron chi connectivity index (χ0n) is 11.2. The van der Waals surface area contributed by atoms with Gasteiger partial charge in [0.05, 0.1) is 19.8 Å². The molecule has 2 aliphatic rings. The Morgan fingerprint density at radius 1 is 1.24 bits per heavy atom. The fourth-order valence-electron chi connectivity index (χ4n) is 2.55. The zero-order valence-corrected chi connectivity index (χ0v) is 11.2. The fourth-order valence-corrected chi connectivity index (χ4v) is 2.55. The number of rotatable bonds is 5. The maximum absolute atomic E-state index is 5.60. The highest BCUT2D eigenvalue weighted by molar-refractivity contribution is 4.81. The third-order valence-corrected chi connectivity index (χ3v) is 3.63. The molecule has 2 aliphatic heterocycles. The Hall–Kier alpha value is -0.160. The molecule has 2 rings (SSSR count). The Balaban J connectivity index is 1.78. The van der Waals surface area contributed by atoms with Crippen molar-refractivity contribution in [3.8, 4) is 0 Å². The second-order valence-electron chi connectivity index (χ2n) is 5.52. The van der Waals surface area contributed by atoms with Gasteiger partial charge in [-0.25, -0.2) is 0 Å². The van der Waals surface area contributed by atoms with Gasteiger partial charge in [0, 0.05) is 38.3 Å². The van der Waals surface area contributed by atoms with Gasteiger partial charge in [0.1, 0.15) is 0 Å². The predicted octanol–water partition coefficient (Wildman–Crippen LogP) is 0.722. The van der Waals surface area contributed by atoms with Gasteiger partial charge in [0.15, 0.2) is 0 Å². The number of nitrogens with one attached hydrogen (secondary N) is 1. The van der Waals surface area contributed by atoms with E-state index in [9.17, 15) is 0 Å². The smallest absolute Gasteiger partial charge is 0.0634 e. The molecule has 1 N–H and O–H groups in total. The minimum atomic E-state index is 0.534. The predicted molar refractivity (Wildman–Crippen MR) is 68.2 cm³/mol. The van der Waals surface area contributed by atoms with E-state index in [0.717, 1.165) is 45.4 Å². The van der Waals surface area contributed by atoms with Crippen LogP contribution >= 0.6 is 0 Å². The molecule has 2 atom stereocenters. The van der Waals surface area contributed by atoms with Gasteiger partial charge in [0.25, 0.3) is 0 Å². The van der Waals surface area contributed by atoms with Gasteiger partial charge in [-0.15, -0.1) is 0 Å². The summed E-state index contributed by atoms with van der Waals surface area (Å²) >= 11 is 0. The highest BCUT2D eigenvalue weighted by Gasteiger charge is 2.27. The van der Waals surface area contributed by atoms with Gasteiger partial charge in [0.2, 0.25) is 0 Å². The molecule has 2 saturated heterocycles. The standard InChI is InChI=1S/C13H26N2O2/c1-11(2)14-7-13-10-17-6-4-15(13)8-12-3-5-16-9-12/h11-14H,3-10H2,1-2H3. The lowest BCUT2D eigenvalue weighted by Crippen LogP contribution is -2.52. The molecule has 0 aliphatic carbocycles. The van der Waals surface area contributed by atoms with Crippen LogP contribution in [0.15, 0.2) is 0 Å². The van der Waals surface area contributed by atoms with E-state index in [1.54, 1.807) is 0 Å². The minimum absolute atomic E-state index is 0.534. The zero-order chi connectivity index (χ0) is 12.1. The molecule has 17 heavy (non-hydrogen) atoms. The van der Waals surface area contributed by atoms with Gasteiger partial charge < -0.3 is 14.8 Å². The summed E-state index contributed by atoms with van der Waals surface area (Å²) in [5.41, 5.74) is 0. The van der Waals surface area contributed by atoms with Crippen LogP contribution in [-0.4, -0.2) is 63.0 Å². The Bertz CT molecular complexity index is 217. The van der Waals surface area contributed by atoms with E-state index in [4.69, 9.17) is 9.47 Å². The maximum atomic E-state index is 5.60. The topological polar surface area (TPSA) is 33.7 Å². The van der Waals surface area contributed by atoms with Gasteiger partial charge in [-0.3, -0.25) is 4.90 Å². The summed E-state index contributed by atoms with van der Waals surface area (Å²) in [6, 6.07) is 1.08. The lowest BCUT2D eigenvalue weighted by Gasteiger charge is -2.37. The number of hydrogen-bond donors (Lipinski definition) is 1. The highest BCUT2D eigenvalue weighted by atomic mass is 16.5. The summed E-state index contributed by atoms with van der Waals surface area (Å²) in [6.07, 6.45) is 1.22. The molecule has 0 aromatic carbocycles. The SMILES string of the molecule is CC(C)NCC1COCCN1CC1CCOC1. The van der Waals surface area contributed by atoms with Crippen molar-refractivity contribution in [1.82, 2.24) is 10.2 Å². The molecule has 0 radical (unpaired) electrons. The Labute approximate surface area is 105 Å². The largest absolute Gasteiger partial charge is 0.381 e. The van der Waals surface area contributed by atoms with Crippen molar-refractivity contribution < 1.29 is 9.47 Å². The monoisotopic (exact) mass is 242 g/mol. The summed E-state index contributed by atoms with van der Waals surface area (Å²) in [5, 5.41) is 3.52. The summed E-state index contributed by atoms with van der Waals surface area (Å²) < 4.78 is 11.1. The average Bonchev–Trinajstić information content (AvgIpc) is 2.80. The van der Waals surface area contributed by atoms with Crippen molar-refractivity contribution in [1.29, 1.82) is 0 Å². The minimum Gasteiger partial charge on any atom is -0.381 e. The molecule has 0 aromatic rings. The first-order valence-corrected chi connectivity index (χ1v) is 6.88. The molecule has 100 valence electrons. The van der Waals surface area contributed by atoms with Gasteiger partial charge in [-0.05, 0) is 12.3 Å². The van der Waals surface area contributed by atoms with Crippen LogP contribution in [0.25, 0.3) is 0 Å². The van der Waals surface area contributed by atoms with E-state index in [0.29, 0.717) is 12.1 Å². The molecule has 4 heteroatoms. The maximum Gasteiger partial charge on any atom is 0.0634 e. The number of nitrogens with zero attached hydrogens (tertiary/aromatic N) is 1. The van der Waals surface area contributed by atoms with Crippen molar-refractivity contribution in [3.63, 3.8) is 0 Å². The second kappa shape index (κ2) is 6.69. The molecule has 2 fully saturated rings. The normalized spacial score (nSPS) is 31.2. The van der Waals surface area contributed by atoms with E-state index < -0.39 is 0 Å². The molecular formula is C13H26N2O2. The van der Waals surface area contributed by atoms with Crippen molar-refractivity contribution in [3.05, 3.63) is 0 Å². The van der Waals surface area contributed by atoms with Crippen LogP contribution in [0.2, 0.25) is 0 Å². The van der Waals surface area contributed by atoms with Gasteiger partial charge >= 0.3 is 0 Å². The summed E-state index contributed by atoms with van der Waals surface area (Å²) in [7, 11) is 0. The van der Waals surface area contributed by atoms with Crippen molar-refractivity contribution in [2.75, 3.05) is 46.1 Å². The summed E-state index contributed by atoms with van der Waals surface area (Å²) in [6.45, 7) is 11.3. The Morgan fingerprint density at radius 3 is 2.76 bits per heavy atom. The van der Waals surface area contributed by atoms with Crippen molar-refractivity contribution in [2.45, 2.75) is 32.4 Å². The first-order chi connectivity index (χ1) is 8.25. The van der Waals surface area contributed by atoms with Crippen LogP contribution in [0, 0.1) is 5.92 Å². The van der Waals surface area contributed by atoms with Crippen LogP contribution < -0.4 is 5.32 Å². The van der Waals surface area contributed by atoms with Crippen LogP contribution in [0.4, 0.5) is 0 Å². The summed E-state index contributed by atoms with van der Waals surface area (Å²) in [5.74, 6) is 0.731. The lowest BCUT2D eigenvalue weighted by molar-refractivity contribution is -0.0146. The third-order valence-electron chi connectivity index (χ3n) is 3.63. The molecule has 0 bridgehead atoms.